The summed E-state index contributed by atoms with van der Waals surface area (Å²) in [5.74, 6) is 0.655. The molecule has 3 aromatic rings. The zero-order chi connectivity index (χ0) is 19.0. The van der Waals surface area contributed by atoms with Crippen molar-refractivity contribution in [2.45, 2.75) is 30.3 Å². The van der Waals surface area contributed by atoms with Crippen molar-refractivity contribution in [3.8, 4) is 0 Å². The number of carbonyl (C=O) groups excluding carboxylic acids is 1. The molecule has 2 aromatic carbocycles. The van der Waals surface area contributed by atoms with Gasteiger partial charge >= 0.3 is 0 Å². The van der Waals surface area contributed by atoms with Crippen LogP contribution in [0.1, 0.15) is 23.0 Å². The molecule has 0 aliphatic carbocycles. The molecule has 4 rings (SSSR count). The average molecular weight is 400 g/mol. The summed E-state index contributed by atoms with van der Waals surface area (Å²) >= 11 is 7.43. The van der Waals surface area contributed by atoms with Gasteiger partial charge in [-0.2, -0.15) is 0 Å². The van der Waals surface area contributed by atoms with Gasteiger partial charge < -0.3 is 10.7 Å². The molecule has 2 N–H and O–H groups in total. The summed E-state index contributed by atoms with van der Waals surface area (Å²) in [6, 6.07) is 15.0. The second-order valence-corrected chi connectivity index (χ2v) is 7.91. The van der Waals surface area contributed by atoms with Crippen LogP contribution in [0.4, 0.5) is 5.69 Å². The van der Waals surface area contributed by atoms with Crippen LogP contribution in [0.5, 0.6) is 0 Å². The molecule has 6 nitrogen and oxygen atoms in total. The molecule has 1 amide bonds. The first-order valence-electron chi connectivity index (χ1n) is 8.50. The van der Waals surface area contributed by atoms with Crippen LogP contribution >= 0.6 is 23.4 Å². The Morgan fingerprint density at radius 3 is 2.63 bits per heavy atom. The van der Waals surface area contributed by atoms with Crippen molar-refractivity contribution in [1.82, 2.24) is 14.9 Å². The number of nitrogens with one attached hydrogen (secondary N) is 2. The van der Waals surface area contributed by atoms with Crippen LogP contribution < -0.4 is 10.7 Å². The summed E-state index contributed by atoms with van der Waals surface area (Å²) in [6.07, 6.45) is 0. The molecular formula is C19H18ClN5OS. The molecule has 8 heteroatoms. The van der Waals surface area contributed by atoms with E-state index >= 15 is 0 Å². The third kappa shape index (κ3) is 3.52. The second-order valence-electron chi connectivity index (χ2n) is 6.37. The van der Waals surface area contributed by atoms with Crippen molar-refractivity contribution in [2.24, 2.45) is 0 Å². The molecule has 0 fully saturated rings. The Bertz CT molecular complexity index is 988. The maximum atomic E-state index is 13.1. The van der Waals surface area contributed by atoms with Gasteiger partial charge in [-0.1, -0.05) is 53.7 Å². The predicted octanol–water partition coefficient (Wildman–Crippen LogP) is 3.95. The standard InChI is InChI=1S/C19H18ClN5OS/c1-11-5-3-4-6-15(11)21-18(26)17-16(13-7-9-14(20)10-8-13)24-25-12(2)22-23-19(25)27-17/h3-10,16-17,24H,1-2H3,(H,21,26)/t16-,17-/m0/s1. The number of para-hydroxylation sites is 1. The van der Waals surface area contributed by atoms with Gasteiger partial charge in [0.25, 0.3) is 0 Å². The number of aromatic nitrogens is 3. The van der Waals surface area contributed by atoms with Gasteiger partial charge in [0, 0.05) is 10.7 Å². The van der Waals surface area contributed by atoms with Gasteiger partial charge in [-0.25, -0.2) is 4.68 Å². The fraction of sp³-hybridized carbons (Fsp3) is 0.211. The van der Waals surface area contributed by atoms with Gasteiger partial charge in [-0.15, -0.1) is 10.2 Å². The number of thioether (sulfide) groups is 1. The summed E-state index contributed by atoms with van der Waals surface area (Å²) in [5.41, 5.74) is 6.17. The first kappa shape index (κ1) is 17.9. The van der Waals surface area contributed by atoms with Crippen LogP contribution in [0.3, 0.4) is 0 Å². The average Bonchev–Trinajstić information content (AvgIpc) is 3.03. The largest absolute Gasteiger partial charge is 0.325 e. The van der Waals surface area contributed by atoms with Gasteiger partial charge in [0.05, 0.1) is 6.04 Å². The van der Waals surface area contributed by atoms with Crippen molar-refractivity contribution < 1.29 is 4.79 Å². The Hall–Kier alpha value is -2.51. The molecule has 0 saturated carbocycles. The number of amides is 1. The van der Waals surface area contributed by atoms with Gasteiger partial charge in [0.1, 0.15) is 11.1 Å². The minimum atomic E-state index is -0.415. The number of anilines is 1. The Balaban J connectivity index is 1.68. The molecule has 0 unspecified atom stereocenters. The number of nitrogens with zero attached hydrogens (tertiary/aromatic N) is 3. The van der Waals surface area contributed by atoms with E-state index in [1.165, 1.54) is 11.8 Å². The third-order valence-electron chi connectivity index (χ3n) is 4.49. The van der Waals surface area contributed by atoms with Crippen molar-refractivity contribution in [1.29, 1.82) is 0 Å². The monoisotopic (exact) mass is 399 g/mol. The summed E-state index contributed by atoms with van der Waals surface area (Å²) in [7, 11) is 0. The molecular weight excluding hydrogens is 382 g/mol. The molecule has 1 aliphatic rings. The quantitative estimate of drug-likeness (QED) is 0.697. The highest BCUT2D eigenvalue weighted by Crippen LogP contribution is 2.37. The summed E-state index contributed by atoms with van der Waals surface area (Å²) < 4.78 is 1.82. The Kier molecular flexibility index (Phi) is 4.80. The molecule has 138 valence electrons. The van der Waals surface area contributed by atoms with Crippen LogP contribution in [-0.4, -0.2) is 26.0 Å². The van der Waals surface area contributed by atoms with Gasteiger partial charge in [0.2, 0.25) is 11.1 Å². The molecule has 1 aromatic heterocycles. The Morgan fingerprint density at radius 1 is 1.15 bits per heavy atom. The van der Waals surface area contributed by atoms with Crippen molar-refractivity contribution >= 4 is 35.0 Å². The molecule has 0 spiro atoms. The lowest BCUT2D eigenvalue weighted by Crippen LogP contribution is -2.41. The topological polar surface area (TPSA) is 71.8 Å². The summed E-state index contributed by atoms with van der Waals surface area (Å²) in [5, 5.41) is 12.2. The number of halogens is 1. The lowest BCUT2D eigenvalue weighted by molar-refractivity contribution is -0.116. The summed E-state index contributed by atoms with van der Waals surface area (Å²) in [4.78, 5) is 13.1. The molecule has 0 radical (unpaired) electrons. The lowest BCUT2D eigenvalue weighted by Gasteiger charge is -2.32. The van der Waals surface area contributed by atoms with Crippen LogP contribution in [0, 0.1) is 13.8 Å². The van der Waals surface area contributed by atoms with E-state index in [1.54, 1.807) is 0 Å². The van der Waals surface area contributed by atoms with E-state index in [1.807, 2.05) is 67.1 Å². The lowest BCUT2D eigenvalue weighted by atomic mass is 10.0. The molecule has 27 heavy (non-hydrogen) atoms. The molecule has 0 bridgehead atoms. The van der Waals surface area contributed by atoms with Gasteiger partial charge in [0.15, 0.2) is 0 Å². The maximum absolute atomic E-state index is 13.1. The molecule has 0 saturated heterocycles. The number of hydrogen-bond acceptors (Lipinski definition) is 5. The number of rotatable bonds is 3. The maximum Gasteiger partial charge on any atom is 0.240 e. The minimum Gasteiger partial charge on any atom is -0.325 e. The van der Waals surface area contributed by atoms with Crippen molar-refractivity contribution in [3.05, 3.63) is 70.5 Å². The SMILES string of the molecule is Cc1ccccc1NC(=O)[C@H]1Sc2nnc(C)n2N[C@H]1c1ccc(Cl)cc1. The zero-order valence-electron chi connectivity index (χ0n) is 14.8. The van der Waals surface area contributed by atoms with E-state index < -0.39 is 5.25 Å². The normalized spacial score (nSPS) is 18.5. The van der Waals surface area contributed by atoms with E-state index in [0.29, 0.717) is 10.2 Å². The van der Waals surface area contributed by atoms with E-state index in [-0.39, 0.29) is 11.9 Å². The Morgan fingerprint density at radius 2 is 1.89 bits per heavy atom. The molecule has 2 atom stereocenters. The highest BCUT2D eigenvalue weighted by Gasteiger charge is 2.37. The van der Waals surface area contributed by atoms with Crippen molar-refractivity contribution in [2.75, 3.05) is 10.7 Å². The van der Waals surface area contributed by atoms with Crippen molar-refractivity contribution in [3.63, 3.8) is 0 Å². The fourth-order valence-electron chi connectivity index (χ4n) is 3.00. The van der Waals surface area contributed by atoms with E-state index in [9.17, 15) is 4.79 Å². The predicted molar refractivity (Wildman–Crippen MR) is 108 cm³/mol. The zero-order valence-corrected chi connectivity index (χ0v) is 16.4. The highest BCUT2D eigenvalue weighted by molar-refractivity contribution is 8.00. The van der Waals surface area contributed by atoms with E-state index in [4.69, 9.17) is 11.6 Å². The molecule has 1 aliphatic heterocycles. The number of hydrogen-bond donors (Lipinski definition) is 2. The number of aryl methyl sites for hydroxylation is 2. The van der Waals surface area contributed by atoms with Gasteiger partial charge in [-0.3, -0.25) is 4.79 Å². The first-order chi connectivity index (χ1) is 13.0. The number of carbonyl (C=O) groups is 1. The third-order valence-corrected chi connectivity index (χ3v) is 5.96. The highest BCUT2D eigenvalue weighted by atomic mass is 35.5. The molecule has 2 heterocycles. The van der Waals surface area contributed by atoms with Crippen LogP contribution in [0.2, 0.25) is 5.02 Å². The fourth-order valence-corrected chi connectivity index (χ4v) is 4.25. The van der Waals surface area contributed by atoms with Gasteiger partial charge in [-0.05, 0) is 43.2 Å². The van der Waals surface area contributed by atoms with E-state index in [2.05, 4.69) is 20.9 Å². The summed E-state index contributed by atoms with van der Waals surface area (Å²) in [6.45, 7) is 3.84. The van der Waals surface area contributed by atoms with E-state index in [0.717, 1.165) is 22.6 Å². The second kappa shape index (κ2) is 7.25. The minimum absolute atomic E-state index is 0.0892. The number of fused-ring (bicyclic) bond motifs is 1. The Labute approximate surface area is 166 Å². The van der Waals surface area contributed by atoms with Crippen LogP contribution in [-0.2, 0) is 4.79 Å². The number of benzene rings is 2. The van der Waals surface area contributed by atoms with Crippen LogP contribution in [0.25, 0.3) is 0 Å². The smallest absolute Gasteiger partial charge is 0.240 e. The first-order valence-corrected chi connectivity index (χ1v) is 9.76. The van der Waals surface area contributed by atoms with Crippen LogP contribution in [0.15, 0.2) is 53.7 Å².